The zero-order valence-electron chi connectivity index (χ0n) is 15.1. The van der Waals surface area contributed by atoms with E-state index in [4.69, 9.17) is 9.47 Å². The number of hydrogen-bond donors (Lipinski definition) is 0. The highest BCUT2D eigenvalue weighted by Gasteiger charge is 2.25. The SMILES string of the molecule is COC(=O)c1cccnc1-c1cc2ccccc2n1C(=O)OC(C)(C)C. The lowest BCUT2D eigenvalue weighted by Gasteiger charge is -2.21. The van der Waals surface area contributed by atoms with Crippen molar-refractivity contribution in [2.24, 2.45) is 0 Å². The number of esters is 1. The number of fused-ring (bicyclic) bond motifs is 1. The maximum Gasteiger partial charge on any atom is 0.419 e. The van der Waals surface area contributed by atoms with E-state index in [-0.39, 0.29) is 5.56 Å². The summed E-state index contributed by atoms with van der Waals surface area (Å²) in [6, 6.07) is 12.5. The summed E-state index contributed by atoms with van der Waals surface area (Å²) in [7, 11) is 1.31. The van der Waals surface area contributed by atoms with Crippen LogP contribution < -0.4 is 0 Å². The first-order chi connectivity index (χ1) is 12.3. The molecule has 3 aromatic rings. The van der Waals surface area contributed by atoms with E-state index in [1.54, 1.807) is 39.1 Å². The molecule has 0 saturated carbocycles. The van der Waals surface area contributed by atoms with Crippen LogP contribution in [0.4, 0.5) is 4.79 Å². The summed E-state index contributed by atoms with van der Waals surface area (Å²) in [5.41, 5.74) is 1.14. The van der Waals surface area contributed by atoms with Crippen molar-refractivity contribution in [1.29, 1.82) is 0 Å². The highest BCUT2D eigenvalue weighted by Crippen LogP contribution is 2.30. The zero-order chi connectivity index (χ0) is 18.9. The fourth-order valence-electron chi connectivity index (χ4n) is 2.72. The molecule has 0 aliphatic heterocycles. The highest BCUT2D eigenvalue weighted by molar-refractivity contribution is 6.01. The summed E-state index contributed by atoms with van der Waals surface area (Å²) in [6.45, 7) is 5.41. The van der Waals surface area contributed by atoms with Gasteiger partial charge in [-0.2, -0.15) is 0 Å². The summed E-state index contributed by atoms with van der Waals surface area (Å²) in [6.07, 6.45) is 1.04. The molecule has 26 heavy (non-hydrogen) atoms. The van der Waals surface area contributed by atoms with Crippen LogP contribution in [0.25, 0.3) is 22.3 Å². The summed E-state index contributed by atoms with van der Waals surface area (Å²) < 4.78 is 11.8. The van der Waals surface area contributed by atoms with Gasteiger partial charge in [-0.3, -0.25) is 4.98 Å². The maximum absolute atomic E-state index is 12.9. The van der Waals surface area contributed by atoms with Gasteiger partial charge in [0.05, 0.1) is 23.9 Å². The molecule has 6 heteroatoms. The van der Waals surface area contributed by atoms with E-state index in [2.05, 4.69) is 4.98 Å². The molecular weight excluding hydrogens is 332 g/mol. The fourth-order valence-corrected chi connectivity index (χ4v) is 2.72. The van der Waals surface area contributed by atoms with E-state index < -0.39 is 17.7 Å². The number of pyridine rings is 1. The Morgan fingerprint density at radius 2 is 1.81 bits per heavy atom. The molecule has 134 valence electrons. The molecule has 0 saturated heterocycles. The van der Waals surface area contributed by atoms with Crippen LogP contribution in [0.1, 0.15) is 31.1 Å². The number of nitrogens with zero attached hydrogens (tertiary/aromatic N) is 2. The molecule has 0 aliphatic carbocycles. The molecular formula is C20H20N2O4. The molecule has 0 bridgehead atoms. The minimum atomic E-state index is -0.658. The van der Waals surface area contributed by atoms with Crippen molar-refractivity contribution in [1.82, 2.24) is 9.55 Å². The van der Waals surface area contributed by atoms with Gasteiger partial charge in [0.1, 0.15) is 11.3 Å². The number of rotatable bonds is 2. The van der Waals surface area contributed by atoms with E-state index in [0.29, 0.717) is 16.9 Å². The predicted molar refractivity (Wildman–Crippen MR) is 98.1 cm³/mol. The Kier molecular flexibility index (Phi) is 4.50. The molecule has 0 radical (unpaired) electrons. The monoisotopic (exact) mass is 352 g/mol. The van der Waals surface area contributed by atoms with Crippen LogP contribution in [0, 0.1) is 0 Å². The molecule has 0 fully saturated rings. The van der Waals surface area contributed by atoms with Crippen molar-refractivity contribution in [2.45, 2.75) is 26.4 Å². The van der Waals surface area contributed by atoms with Crippen molar-refractivity contribution in [3.8, 4) is 11.4 Å². The van der Waals surface area contributed by atoms with Gasteiger partial charge in [0.25, 0.3) is 0 Å². The quantitative estimate of drug-likeness (QED) is 0.644. The third-order valence-corrected chi connectivity index (χ3v) is 3.74. The van der Waals surface area contributed by atoms with Crippen molar-refractivity contribution >= 4 is 23.0 Å². The van der Waals surface area contributed by atoms with Crippen LogP contribution in [0.2, 0.25) is 0 Å². The maximum atomic E-state index is 12.9. The standard InChI is InChI=1S/C20H20N2O4/c1-20(2,3)26-19(24)22-15-10-6-5-8-13(15)12-16(22)17-14(18(23)25-4)9-7-11-21-17/h5-12H,1-4H3. The topological polar surface area (TPSA) is 70.4 Å². The van der Waals surface area contributed by atoms with E-state index in [9.17, 15) is 9.59 Å². The fraction of sp³-hybridized carbons (Fsp3) is 0.250. The van der Waals surface area contributed by atoms with E-state index in [1.807, 2.05) is 30.3 Å². The smallest absolute Gasteiger partial charge is 0.419 e. The van der Waals surface area contributed by atoms with Crippen LogP contribution in [0.3, 0.4) is 0 Å². The number of carbonyl (C=O) groups excluding carboxylic acids is 2. The van der Waals surface area contributed by atoms with Crippen molar-refractivity contribution in [2.75, 3.05) is 7.11 Å². The lowest BCUT2D eigenvalue weighted by molar-refractivity contribution is 0.0543. The molecule has 0 unspecified atom stereocenters. The van der Waals surface area contributed by atoms with Gasteiger partial charge in [-0.15, -0.1) is 0 Å². The van der Waals surface area contributed by atoms with Gasteiger partial charge >= 0.3 is 12.1 Å². The molecule has 3 rings (SSSR count). The normalized spacial score (nSPS) is 11.4. The van der Waals surface area contributed by atoms with Gasteiger partial charge in [-0.1, -0.05) is 18.2 Å². The van der Waals surface area contributed by atoms with Crippen LogP contribution in [0.15, 0.2) is 48.7 Å². The Morgan fingerprint density at radius 1 is 1.08 bits per heavy atom. The molecule has 0 N–H and O–H groups in total. The van der Waals surface area contributed by atoms with Crippen molar-refractivity contribution in [3.05, 3.63) is 54.2 Å². The van der Waals surface area contributed by atoms with Gasteiger partial charge in [0.2, 0.25) is 0 Å². The van der Waals surface area contributed by atoms with Crippen LogP contribution in [-0.4, -0.2) is 34.3 Å². The Bertz CT molecular complexity index is 983. The summed E-state index contributed by atoms with van der Waals surface area (Å²) in [4.78, 5) is 29.3. The lowest BCUT2D eigenvalue weighted by atomic mass is 10.1. The second kappa shape index (κ2) is 6.63. The number of hydrogen-bond acceptors (Lipinski definition) is 5. The molecule has 0 aliphatic rings. The van der Waals surface area contributed by atoms with E-state index in [1.165, 1.54) is 11.7 Å². The number of aromatic nitrogens is 2. The summed E-state index contributed by atoms with van der Waals surface area (Å²) >= 11 is 0. The van der Waals surface area contributed by atoms with E-state index >= 15 is 0 Å². The van der Waals surface area contributed by atoms with Gasteiger partial charge in [0, 0.05) is 11.6 Å². The molecule has 0 amide bonds. The Hall–Kier alpha value is -3.15. The minimum Gasteiger partial charge on any atom is -0.465 e. The minimum absolute atomic E-state index is 0.280. The second-order valence-electron chi connectivity index (χ2n) is 6.80. The van der Waals surface area contributed by atoms with Crippen LogP contribution in [-0.2, 0) is 9.47 Å². The molecule has 0 spiro atoms. The lowest BCUT2D eigenvalue weighted by Crippen LogP contribution is -2.27. The van der Waals surface area contributed by atoms with Gasteiger partial charge in [-0.25, -0.2) is 14.2 Å². The highest BCUT2D eigenvalue weighted by atomic mass is 16.6. The van der Waals surface area contributed by atoms with E-state index in [0.717, 1.165) is 5.39 Å². The molecule has 0 atom stereocenters. The number of carbonyl (C=O) groups is 2. The first-order valence-corrected chi connectivity index (χ1v) is 8.19. The average Bonchev–Trinajstić information content (AvgIpc) is 2.99. The second-order valence-corrected chi connectivity index (χ2v) is 6.80. The van der Waals surface area contributed by atoms with Crippen LogP contribution >= 0.6 is 0 Å². The third kappa shape index (κ3) is 3.31. The van der Waals surface area contributed by atoms with Gasteiger partial charge in [-0.05, 0) is 45.0 Å². The number of benzene rings is 1. The predicted octanol–water partition coefficient (Wildman–Crippen LogP) is 4.27. The largest absolute Gasteiger partial charge is 0.465 e. The van der Waals surface area contributed by atoms with Crippen molar-refractivity contribution < 1.29 is 19.1 Å². The Morgan fingerprint density at radius 3 is 2.50 bits per heavy atom. The van der Waals surface area contributed by atoms with Crippen LogP contribution in [0.5, 0.6) is 0 Å². The molecule has 2 aromatic heterocycles. The molecule has 6 nitrogen and oxygen atoms in total. The Labute approximate surface area is 151 Å². The zero-order valence-corrected chi connectivity index (χ0v) is 15.1. The van der Waals surface area contributed by atoms with Crippen molar-refractivity contribution in [3.63, 3.8) is 0 Å². The molecule has 2 heterocycles. The number of para-hydroxylation sites is 1. The first kappa shape index (κ1) is 17.7. The van der Waals surface area contributed by atoms with Gasteiger partial charge in [0.15, 0.2) is 0 Å². The number of methoxy groups -OCH3 is 1. The Balaban J connectivity index is 2.26. The summed E-state index contributed by atoms with van der Waals surface area (Å²) in [5, 5.41) is 0.842. The molecule has 1 aromatic carbocycles. The average molecular weight is 352 g/mol. The number of ether oxygens (including phenoxy) is 2. The first-order valence-electron chi connectivity index (χ1n) is 8.19. The summed E-state index contributed by atoms with van der Waals surface area (Å²) in [5.74, 6) is -0.519. The van der Waals surface area contributed by atoms with Gasteiger partial charge < -0.3 is 9.47 Å². The third-order valence-electron chi connectivity index (χ3n) is 3.74.